The van der Waals surface area contributed by atoms with Gasteiger partial charge in [0.15, 0.2) is 0 Å². The van der Waals surface area contributed by atoms with E-state index in [9.17, 15) is 4.79 Å². The second kappa shape index (κ2) is 6.49. The second-order valence-electron chi connectivity index (χ2n) is 6.21. The molecule has 2 aliphatic rings. The molecule has 1 aliphatic heterocycles. The van der Waals surface area contributed by atoms with Gasteiger partial charge in [0, 0.05) is 37.3 Å². The number of Topliss-reactive ketones (excluding diaryl/α,β-unsaturated/α-hetero) is 1. The first-order valence-corrected chi connectivity index (χ1v) is 8.00. The minimum atomic E-state index is 0.297. The van der Waals surface area contributed by atoms with Crippen LogP contribution >= 0.6 is 0 Å². The summed E-state index contributed by atoms with van der Waals surface area (Å²) in [5.41, 5.74) is 1.31. The number of hydrogen-bond acceptors (Lipinski definition) is 3. The molecule has 108 valence electrons. The summed E-state index contributed by atoms with van der Waals surface area (Å²) in [4.78, 5) is 18.9. The van der Waals surface area contributed by atoms with Crippen LogP contribution in [0, 0.1) is 5.92 Å². The monoisotopic (exact) mass is 272 g/mol. The maximum Gasteiger partial charge on any atom is 0.137 e. The van der Waals surface area contributed by atoms with Gasteiger partial charge >= 0.3 is 0 Å². The highest BCUT2D eigenvalue weighted by Crippen LogP contribution is 2.32. The zero-order valence-corrected chi connectivity index (χ0v) is 12.1. The van der Waals surface area contributed by atoms with Crippen LogP contribution in [-0.2, 0) is 11.3 Å². The molecule has 2 unspecified atom stereocenters. The molecule has 0 aromatic carbocycles. The number of nitrogens with zero attached hydrogens (tertiary/aromatic N) is 2. The molecule has 3 rings (SSSR count). The first-order valence-electron chi connectivity index (χ1n) is 8.00. The SMILES string of the molecule is O=C1CCCCC1C1CCCCN1Cc1ccncc1. The first kappa shape index (κ1) is 13.7. The van der Waals surface area contributed by atoms with Crippen LogP contribution in [0.2, 0.25) is 0 Å². The smallest absolute Gasteiger partial charge is 0.137 e. The molecule has 2 atom stereocenters. The number of pyridine rings is 1. The van der Waals surface area contributed by atoms with E-state index in [1.165, 1.54) is 31.2 Å². The standard InChI is InChI=1S/C17H24N2O/c20-17-7-2-1-5-15(17)16-6-3-4-12-19(16)13-14-8-10-18-11-9-14/h8-11,15-16H,1-7,12-13H2. The van der Waals surface area contributed by atoms with Crippen LogP contribution in [0.25, 0.3) is 0 Å². The Kier molecular flexibility index (Phi) is 4.46. The molecule has 2 fully saturated rings. The van der Waals surface area contributed by atoms with Gasteiger partial charge in [0.05, 0.1) is 0 Å². The fourth-order valence-electron chi connectivity index (χ4n) is 3.81. The lowest BCUT2D eigenvalue weighted by atomic mass is 9.79. The predicted octanol–water partition coefficient (Wildman–Crippen LogP) is 3.20. The van der Waals surface area contributed by atoms with Gasteiger partial charge in [0.25, 0.3) is 0 Å². The molecule has 0 spiro atoms. The van der Waals surface area contributed by atoms with Gasteiger partial charge in [-0.15, -0.1) is 0 Å². The van der Waals surface area contributed by atoms with Crippen molar-refractivity contribution in [1.29, 1.82) is 0 Å². The highest BCUT2D eigenvalue weighted by Gasteiger charge is 2.35. The largest absolute Gasteiger partial charge is 0.299 e. The number of carbonyl (C=O) groups is 1. The van der Waals surface area contributed by atoms with E-state index in [4.69, 9.17) is 0 Å². The molecule has 0 bridgehead atoms. The van der Waals surface area contributed by atoms with Gasteiger partial charge in [-0.25, -0.2) is 0 Å². The molecule has 2 heterocycles. The molecule has 1 aliphatic carbocycles. The van der Waals surface area contributed by atoms with Crippen molar-refractivity contribution < 1.29 is 4.79 Å². The molecular weight excluding hydrogens is 248 g/mol. The fraction of sp³-hybridized carbons (Fsp3) is 0.647. The Morgan fingerprint density at radius 3 is 2.70 bits per heavy atom. The van der Waals surface area contributed by atoms with E-state index in [1.54, 1.807) is 0 Å². The zero-order chi connectivity index (χ0) is 13.8. The molecule has 1 saturated heterocycles. The van der Waals surface area contributed by atoms with Crippen LogP contribution < -0.4 is 0 Å². The Labute approximate surface area is 121 Å². The van der Waals surface area contributed by atoms with Gasteiger partial charge in [-0.05, 0) is 49.9 Å². The van der Waals surface area contributed by atoms with Gasteiger partial charge in [-0.1, -0.05) is 12.8 Å². The second-order valence-corrected chi connectivity index (χ2v) is 6.21. The van der Waals surface area contributed by atoms with Crippen molar-refractivity contribution in [2.75, 3.05) is 6.54 Å². The van der Waals surface area contributed by atoms with Crippen molar-refractivity contribution in [3.63, 3.8) is 0 Å². The summed E-state index contributed by atoms with van der Waals surface area (Å²) in [5, 5.41) is 0. The average Bonchev–Trinajstić information content (AvgIpc) is 2.50. The molecule has 3 nitrogen and oxygen atoms in total. The Balaban J connectivity index is 1.71. The van der Waals surface area contributed by atoms with Crippen molar-refractivity contribution in [2.24, 2.45) is 5.92 Å². The Morgan fingerprint density at radius 2 is 1.90 bits per heavy atom. The Bertz CT molecular complexity index is 446. The van der Waals surface area contributed by atoms with E-state index in [0.29, 0.717) is 17.7 Å². The summed E-state index contributed by atoms with van der Waals surface area (Å²) in [5.74, 6) is 0.814. The molecule has 3 heteroatoms. The number of hydrogen-bond donors (Lipinski definition) is 0. The molecular formula is C17H24N2O. The van der Waals surface area contributed by atoms with Gasteiger partial charge < -0.3 is 0 Å². The number of aromatic nitrogens is 1. The summed E-state index contributed by atoms with van der Waals surface area (Å²) >= 11 is 0. The van der Waals surface area contributed by atoms with Crippen LogP contribution in [0.5, 0.6) is 0 Å². The molecule has 20 heavy (non-hydrogen) atoms. The van der Waals surface area contributed by atoms with Gasteiger partial charge in [-0.3, -0.25) is 14.7 Å². The lowest BCUT2D eigenvalue weighted by Crippen LogP contribution is -2.46. The van der Waals surface area contributed by atoms with Crippen molar-refractivity contribution in [3.8, 4) is 0 Å². The van der Waals surface area contributed by atoms with Crippen LogP contribution in [0.3, 0.4) is 0 Å². The Hall–Kier alpha value is -1.22. The number of piperidine rings is 1. The number of rotatable bonds is 3. The molecule has 0 N–H and O–H groups in total. The topological polar surface area (TPSA) is 33.2 Å². The Morgan fingerprint density at radius 1 is 1.10 bits per heavy atom. The summed E-state index contributed by atoms with van der Waals surface area (Å²) < 4.78 is 0. The van der Waals surface area contributed by atoms with E-state index in [2.05, 4.69) is 22.0 Å². The molecule has 1 saturated carbocycles. The third kappa shape index (κ3) is 3.09. The third-order valence-corrected chi connectivity index (χ3v) is 4.87. The third-order valence-electron chi connectivity index (χ3n) is 4.87. The summed E-state index contributed by atoms with van der Waals surface area (Å²) in [7, 11) is 0. The van der Waals surface area contributed by atoms with Crippen molar-refractivity contribution in [2.45, 2.75) is 57.5 Å². The van der Waals surface area contributed by atoms with E-state index >= 15 is 0 Å². The maximum atomic E-state index is 12.3. The predicted molar refractivity (Wildman–Crippen MR) is 79.3 cm³/mol. The van der Waals surface area contributed by atoms with E-state index < -0.39 is 0 Å². The highest BCUT2D eigenvalue weighted by molar-refractivity contribution is 5.82. The highest BCUT2D eigenvalue weighted by atomic mass is 16.1. The molecule has 1 aromatic rings. The van der Waals surface area contributed by atoms with E-state index in [1.807, 2.05) is 12.4 Å². The van der Waals surface area contributed by atoms with Crippen molar-refractivity contribution in [3.05, 3.63) is 30.1 Å². The normalized spacial score (nSPS) is 28.5. The van der Waals surface area contributed by atoms with Crippen LogP contribution in [0.15, 0.2) is 24.5 Å². The maximum absolute atomic E-state index is 12.3. The minimum Gasteiger partial charge on any atom is -0.299 e. The quantitative estimate of drug-likeness (QED) is 0.847. The lowest BCUT2D eigenvalue weighted by molar-refractivity contribution is -0.127. The van der Waals surface area contributed by atoms with Crippen LogP contribution in [0.1, 0.15) is 50.5 Å². The first-order chi connectivity index (χ1) is 9.84. The van der Waals surface area contributed by atoms with Gasteiger partial charge in [0.2, 0.25) is 0 Å². The minimum absolute atomic E-state index is 0.297. The lowest BCUT2D eigenvalue weighted by Gasteiger charge is -2.41. The molecule has 0 radical (unpaired) electrons. The summed E-state index contributed by atoms with van der Waals surface area (Å²) in [6, 6.07) is 4.66. The van der Waals surface area contributed by atoms with Crippen LogP contribution in [0.4, 0.5) is 0 Å². The average molecular weight is 272 g/mol. The summed E-state index contributed by atoms with van der Waals surface area (Å²) in [6.07, 6.45) is 11.7. The van der Waals surface area contributed by atoms with Gasteiger partial charge in [-0.2, -0.15) is 0 Å². The summed E-state index contributed by atoms with van der Waals surface area (Å²) in [6.45, 7) is 2.10. The van der Waals surface area contributed by atoms with E-state index in [0.717, 1.165) is 32.4 Å². The fourth-order valence-corrected chi connectivity index (χ4v) is 3.81. The van der Waals surface area contributed by atoms with E-state index in [-0.39, 0.29) is 0 Å². The van der Waals surface area contributed by atoms with Gasteiger partial charge in [0.1, 0.15) is 5.78 Å². The van der Waals surface area contributed by atoms with Crippen molar-refractivity contribution in [1.82, 2.24) is 9.88 Å². The number of likely N-dealkylation sites (tertiary alicyclic amines) is 1. The zero-order valence-electron chi connectivity index (χ0n) is 12.1. The van der Waals surface area contributed by atoms with Crippen molar-refractivity contribution >= 4 is 5.78 Å². The number of ketones is 1. The van der Waals surface area contributed by atoms with Crippen LogP contribution in [-0.4, -0.2) is 28.3 Å². The number of carbonyl (C=O) groups excluding carboxylic acids is 1. The molecule has 1 aromatic heterocycles. The molecule has 0 amide bonds.